The van der Waals surface area contributed by atoms with Crippen LogP contribution in [0.1, 0.15) is 52.5 Å². The quantitative estimate of drug-likeness (QED) is 0.205. The minimum absolute atomic E-state index is 0.156. The largest absolute Gasteiger partial charge is 0.418 e. The van der Waals surface area contributed by atoms with Crippen LogP contribution in [0.3, 0.4) is 0 Å². The molecule has 0 aliphatic heterocycles. The standard InChI is InChI=1S/C23H34N2O7/c1-6-17(7-2)20(24-22(29)32-23(3,4)30)21(28)18(14-26)13-19(27)25(5)31-15-16-11-9-8-10-12-16/h8-12,14,17-18,20,30H,6-7,13,15H2,1-5H3,(H,24,29). The molecule has 0 aromatic heterocycles. The third-order valence-corrected chi connectivity index (χ3v) is 4.99. The number of alkyl carbamates (subject to hydrolysis) is 1. The molecule has 1 aromatic carbocycles. The fourth-order valence-electron chi connectivity index (χ4n) is 3.15. The number of hydrogen-bond donors (Lipinski definition) is 2. The maximum Gasteiger partial charge on any atom is 0.410 e. The summed E-state index contributed by atoms with van der Waals surface area (Å²) in [5.74, 6) is -4.41. The zero-order valence-electron chi connectivity index (χ0n) is 19.4. The lowest BCUT2D eigenvalue weighted by Gasteiger charge is -2.28. The first kappa shape index (κ1) is 27.3. The molecular weight excluding hydrogens is 416 g/mol. The zero-order chi connectivity index (χ0) is 24.3. The molecule has 2 N–H and O–H groups in total. The number of nitrogens with one attached hydrogen (secondary N) is 1. The second-order valence-corrected chi connectivity index (χ2v) is 8.03. The number of amides is 2. The lowest BCUT2D eigenvalue weighted by Crippen LogP contribution is -2.50. The highest BCUT2D eigenvalue weighted by molar-refractivity contribution is 6.01. The molecule has 0 aliphatic rings. The lowest BCUT2D eigenvalue weighted by molar-refractivity contribution is -0.184. The van der Waals surface area contributed by atoms with E-state index in [1.165, 1.54) is 20.9 Å². The Bertz CT molecular complexity index is 757. The van der Waals surface area contributed by atoms with Gasteiger partial charge in [0.1, 0.15) is 12.9 Å². The summed E-state index contributed by atoms with van der Waals surface area (Å²) in [6.07, 6.45) is 0.128. The predicted molar refractivity (Wildman–Crippen MR) is 117 cm³/mol. The summed E-state index contributed by atoms with van der Waals surface area (Å²) in [6, 6.07) is 8.19. The highest BCUT2D eigenvalue weighted by Crippen LogP contribution is 2.20. The van der Waals surface area contributed by atoms with Gasteiger partial charge in [-0.1, -0.05) is 57.0 Å². The van der Waals surface area contributed by atoms with Gasteiger partial charge in [0.25, 0.3) is 0 Å². The van der Waals surface area contributed by atoms with Crippen molar-refractivity contribution in [3.63, 3.8) is 0 Å². The lowest BCUT2D eigenvalue weighted by atomic mass is 9.85. The average Bonchev–Trinajstić information content (AvgIpc) is 2.74. The first-order valence-electron chi connectivity index (χ1n) is 10.7. The number of nitrogens with zero attached hydrogens (tertiary/aromatic N) is 1. The highest BCUT2D eigenvalue weighted by Gasteiger charge is 2.35. The van der Waals surface area contributed by atoms with Gasteiger partial charge in [-0.25, -0.2) is 9.86 Å². The first-order valence-corrected chi connectivity index (χ1v) is 10.7. The van der Waals surface area contributed by atoms with Crippen molar-refractivity contribution in [1.82, 2.24) is 10.4 Å². The number of carbonyl (C=O) groups is 4. The highest BCUT2D eigenvalue weighted by atomic mass is 16.7. The van der Waals surface area contributed by atoms with E-state index >= 15 is 0 Å². The van der Waals surface area contributed by atoms with Gasteiger partial charge in [0.2, 0.25) is 11.7 Å². The van der Waals surface area contributed by atoms with Gasteiger partial charge in [-0.3, -0.25) is 14.4 Å². The van der Waals surface area contributed by atoms with Crippen LogP contribution in [0.25, 0.3) is 0 Å². The van der Waals surface area contributed by atoms with Crippen molar-refractivity contribution in [2.45, 2.75) is 65.4 Å². The number of Topliss-reactive ketones (excluding diaryl/α,β-unsaturated/α-hetero) is 1. The van der Waals surface area contributed by atoms with Crippen LogP contribution in [0.4, 0.5) is 4.79 Å². The van der Waals surface area contributed by atoms with Crippen LogP contribution in [-0.2, 0) is 30.6 Å². The Morgan fingerprint density at radius 3 is 2.25 bits per heavy atom. The summed E-state index contributed by atoms with van der Waals surface area (Å²) < 4.78 is 4.83. The van der Waals surface area contributed by atoms with Gasteiger partial charge in [-0.05, 0) is 11.5 Å². The topological polar surface area (TPSA) is 122 Å². The summed E-state index contributed by atoms with van der Waals surface area (Å²) in [6.45, 7) is 6.41. The van der Waals surface area contributed by atoms with E-state index in [-0.39, 0.29) is 12.5 Å². The molecule has 0 aliphatic carbocycles. The molecule has 2 atom stereocenters. The molecular formula is C23H34N2O7. The van der Waals surface area contributed by atoms with E-state index in [4.69, 9.17) is 9.57 Å². The summed E-state index contributed by atoms with van der Waals surface area (Å²) in [7, 11) is 1.41. The number of hydroxylamine groups is 2. The third-order valence-electron chi connectivity index (χ3n) is 4.99. The van der Waals surface area contributed by atoms with Crippen molar-refractivity contribution < 1.29 is 33.9 Å². The first-order chi connectivity index (χ1) is 15.0. The Morgan fingerprint density at radius 1 is 1.16 bits per heavy atom. The SMILES string of the molecule is CCC(CC)C(NC(=O)OC(C)(C)O)C(=O)C(C=O)CC(=O)N(C)OCc1ccccc1. The number of carbonyl (C=O) groups excluding carboxylic acids is 4. The van der Waals surface area contributed by atoms with Gasteiger partial charge < -0.3 is 20.0 Å². The maximum absolute atomic E-state index is 13.1. The van der Waals surface area contributed by atoms with E-state index in [0.29, 0.717) is 19.1 Å². The molecule has 0 spiro atoms. The fourth-order valence-corrected chi connectivity index (χ4v) is 3.15. The molecule has 0 saturated heterocycles. The number of aliphatic hydroxyl groups is 1. The molecule has 0 saturated carbocycles. The summed E-state index contributed by atoms with van der Waals surface area (Å²) in [5, 5.41) is 13.1. The second kappa shape index (κ2) is 12.9. The number of hydrogen-bond acceptors (Lipinski definition) is 7. The van der Waals surface area contributed by atoms with E-state index in [0.717, 1.165) is 10.6 Å². The summed E-state index contributed by atoms with van der Waals surface area (Å²) >= 11 is 0. The molecule has 9 heteroatoms. The van der Waals surface area contributed by atoms with Crippen LogP contribution in [0, 0.1) is 11.8 Å². The van der Waals surface area contributed by atoms with Crippen LogP contribution >= 0.6 is 0 Å². The molecule has 0 fully saturated rings. The summed E-state index contributed by atoms with van der Waals surface area (Å²) in [5.41, 5.74) is 0.860. The number of rotatable bonds is 13. The van der Waals surface area contributed by atoms with Crippen LogP contribution in [0.5, 0.6) is 0 Å². The Morgan fingerprint density at radius 2 is 1.75 bits per heavy atom. The fraction of sp³-hybridized carbons (Fsp3) is 0.565. The van der Waals surface area contributed by atoms with Gasteiger partial charge in [-0.15, -0.1) is 0 Å². The summed E-state index contributed by atoms with van der Waals surface area (Å²) in [4.78, 5) is 54.9. The smallest absolute Gasteiger partial charge is 0.410 e. The molecule has 9 nitrogen and oxygen atoms in total. The van der Waals surface area contributed by atoms with Crippen molar-refractivity contribution >= 4 is 24.1 Å². The molecule has 0 bridgehead atoms. The van der Waals surface area contributed by atoms with E-state index < -0.39 is 42.0 Å². The van der Waals surface area contributed by atoms with Crippen molar-refractivity contribution in [3.05, 3.63) is 35.9 Å². The van der Waals surface area contributed by atoms with Gasteiger partial charge in [0.15, 0.2) is 5.78 Å². The molecule has 178 valence electrons. The van der Waals surface area contributed by atoms with Gasteiger partial charge in [-0.2, -0.15) is 0 Å². The van der Waals surface area contributed by atoms with E-state index in [9.17, 15) is 24.3 Å². The number of aldehydes is 1. The molecule has 1 rings (SSSR count). The zero-order valence-corrected chi connectivity index (χ0v) is 19.4. The molecule has 2 amide bonds. The van der Waals surface area contributed by atoms with E-state index in [1.807, 2.05) is 44.2 Å². The minimum Gasteiger partial charge on any atom is -0.418 e. The molecule has 0 radical (unpaired) electrons. The molecule has 32 heavy (non-hydrogen) atoms. The monoisotopic (exact) mass is 450 g/mol. The van der Waals surface area contributed by atoms with Crippen LogP contribution in [0.15, 0.2) is 30.3 Å². The van der Waals surface area contributed by atoms with Crippen LogP contribution < -0.4 is 5.32 Å². The number of ketones is 1. The van der Waals surface area contributed by atoms with Crippen molar-refractivity contribution in [1.29, 1.82) is 0 Å². The Hall–Kier alpha value is -2.78. The van der Waals surface area contributed by atoms with Gasteiger partial charge in [0, 0.05) is 27.3 Å². The molecule has 1 aromatic rings. The van der Waals surface area contributed by atoms with E-state index in [1.54, 1.807) is 0 Å². The van der Waals surface area contributed by atoms with Crippen molar-refractivity contribution in [2.24, 2.45) is 11.8 Å². The van der Waals surface area contributed by atoms with Crippen molar-refractivity contribution in [2.75, 3.05) is 7.05 Å². The third kappa shape index (κ3) is 9.15. The normalized spacial score (nSPS) is 13.2. The van der Waals surface area contributed by atoms with Crippen molar-refractivity contribution in [3.8, 4) is 0 Å². The Balaban J connectivity index is 2.85. The van der Waals surface area contributed by atoms with Gasteiger partial charge >= 0.3 is 6.09 Å². The average molecular weight is 451 g/mol. The maximum atomic E-state index is 13.1. The Kier molecular flexibility index (Phi) is 11.0. The van der Waals surface area contributed by atoms with Crippen LogP contribution in [0.2, 0.25) is 0 Å². The molecule has 2 unspecified atom stereocenters. The van der Waals surface area contributed by atoms with Gasteiger partial charge in [0.05, 0.1) is 12.0 Å². The predicted octanol–water partition coefficient (Wildman–Crippen LogP) is 2.61. The Labute approximate surface area is 189 Å². The molecule has 0 heterocycles. The number of ether oxygens (including phenoxy) is 1. The minimum atomic E-state index is -1.73. The van der Waals surface area contributed by atoms with E-state index in [2.05, 4.69) is 5.32 Å². The number of benzene rings is 1. The van der Waals surface area contributed by atoms with Crippen LogP contribution in [-0.4, -0.2) is 53.1 Å². The second-order valence-electron chi connectivity index (χ2n) is 8.03.